The smallest absolute Gasteiger partial charge is 0.410 e. The van der Waals surface area contributed by atoms with Crippen molar-refractivity contribution in [1.82, 2.24) is 14.9 Å². The molecule has 126 valence electrons. The highest BCUT2D eigenvalue weighted by atomic mass is 16.6. The number of amides is 1. The van der Waals surface area contributed by atoms with Gasteiger partial charge in [-0.1, -0.05) is 0 Å². The Labute approximate surface area is 136 Å². The molecule has 0 aliphatic carbocycles. The van der Waals surface area contributed by atoms with Crippen molar-refractivity contribution in [1.29, 1.82) is 0 Å². The van der Waals surface area contributed by atoms with Crippen LogP contribution in [0.3, 0.4) is 0 Å². The average Bonchev–Trinajstić information content (AvgIpc) is 2.98. The fourth-order valence-corrected chi connectivity index (χ4v) is 2.70. The Morgan fingerprint density at radius 3 is 3.00 bits per heavy atom. The lowest BCUT2D eigenvalue weighted by Gasteiger charge is -2.30. The van der Waals surface area contributed by atoms with E-state index in [-0.39, 0.29) is 12.1 Å². The van der Waals surface area contributed by atoms with Crippen LogP contribution in [0, 0.1) is 0 Å². The molecule has 2 aliphatic heterocycles. The summed E-state index contributed by atoms with van der Waals surface area (Å²) < 4.78 is 10.8. The van der Waals surface area contributed by atoms with E-state index >= 15 is 0 Å². The van der Waals surface area contributed by atoms with Gasteiger partial charge in [-0.25, -0.2) is 14.8 Å². The van der Waals surface area contributed by atoms with Crippen LogP contribution in [-0.4, -0.2) is 52.4 Å². The zero-order valence-corrected chi connectivity index (χ0v) is 14.0. The predicted molar refractivity (Wildman–Crippen MR) is 85.2 cm³/mol. The van der Waals surface area contributed by atoms with Gasteiger partial charge in [0.15, 0.2) is 0 Å². The molecule has 0 radical (unpaired) electrons. The lowest BCUT2D eigenvalue weighted by molar-refractivity contribution is 0.0222. The van der Waals surface area contributed by atoms with Crippen molar-refractivity contribution in [3.63, 3.8) is 0 Å². The quantitative estimate of drug-likeness (QED) is 0.898. The van der Waals surface area contributed by atoms with E-state index in [4.69, 9.17) is 9.47 Å². The largest absolute Gasteiger partial charge is 0.444 e. The van der Waals surface area contributed by atoms with Crippen LogP contribution in [0.25, 0.3) is 0 Å². The van der Waals surface area contributed by atoms with Crippen molar-refractivity contribution in [3.05, 3.63) is 17.5 Å². The third kappa shape index (κ3) is 4.10. The summed E-state index contributed by atoms with van der Waals surface area (Å²) in [5.41, 5.74) is 1.50. The molecule has 1 atom stereocenters. The van der Waals surface area contributed by atoms with E-state index in [0.29, 0.717) is 32.1 Å². The van der Waals surface area contributed by atoms with Crippen LogP contribution >= 0.6 is 0 Å². The second-order valence-electron chi connectivity index (χ2n) is 7.02. The number of anilines is 1. The van der Waals surface area contributed by atoms with E-state index < -0.39 is 5.60 Å². The van der Waals surface area contributed by atoms with Gasteiger partial charge in [-0.2, -0.15) is 0 Å². The first kappa shape index (κ1) is 16.0. The summed E-state index contributed by atoms with van der Waals surface area (Å²) in [7, 11) is 0. The van der Waals surface area contributed by atoms with E-state index in [1.54, 1.807) is 11.1 Å². The molecular formula is C16H24N4O3. The maximum Gasteiger partial charge on any atom is 0.410 e. The molecule has 2 aliphatic rings. The van der Waals surface area contributed by atoms with Crippen LogP contribution in [0.4, 0.5) is 10.7 Å². The Hall–Kier alpha value is -1.89. The zero-order chi connectivity index (χ0) is 16.4. The van der Waals surface area contributed by atoms with Crippen LogP contribution in [0.5, 0.6) is 0 Å². The van der Waals surface area contributed by atoms with Gasteiger partial charge in [0, 0.05) is 31.3 Å². The highest BCUT2D eigenvalue weighted by Gasteiger charge is 2.27. The standard InChI is InChI=1S/C16H24N4O3/c1-16(2,3)23-15(21)20-6-4-13-11(9-20)8-17-14(19-13)18-12-5-7-22-10-12/h8,12H,4-7,9-10H2,1-3H3,(H,17,18,19). The van der Waals surface area contributed by atoms with Crippen LogP contribution in [0.2, 0.25) is 0 Å². The Morgan fingerprint density at radius 1 is 1.48 bits per heavy atom. The molecule has 1 amide bonds. The topological polar surface area (TPSA) is 76.6 Å². The number of nitrogens with one attached hydrogen (secondary N) is 1. The fraction of sp³-hybridized carbons (Fsp3) is 0.688. The molecule has 1 N–H and O–H groups in total. The number of hydrogen-bond donors (Lipinski definition) is 1. The number of ether oxygens (including phenoxy) is 2. The van der Waals surface area contributed by atoms with E-state index in [9.17, 15) is 4.79 Å². The SMILES string of the molecule is CC(C)(C)OC(=O)N1CCc2nc(NC3CCOC3)ncc2C1. The molecule has 7 nitrogen and oxygen atoms in total. The van der Waals surface area contributed by atoms with Crippen molar-refractivity contribution >= 4 is 12.0 Å². The summed E-state index contributed by atoms with van der Waals surface area (Å²) in [6.07, 6.45) is 3.21. The first-order valence-electron chi connectivity index (χ1n) is 8.08. The fourth-order valence-electron chi connectivity index (χ4n) is 2.70. The van der Waals surface area contributed by atoms with E-state index in [0.717, 1.165) is 24.3 Å². The van der Waals surface area contributed by atoms with Gasteiger partial charge in [0.1, 0.15) is 5.60 Å². The summed E-state index contributed by atoms with van der Waals surface area (Å²) in [5, 5.41) is 3.30. The van der Waals surface area contributed by atoms with Gasteiger partial charge in [-0.3, -0.25) is 0 Å². The molecule has 1 saturated heterocycles. The molecule has 3 heterocycles. The monoisotopic (exact) mass is 320 g/mol. The third-order valence-corrected chi connectivity index (χ3v) is 3.85. The van der Waals surface area contributed by atoms with Crippen molar-refractivity contribution in [2.45, 2.75) is 51.8 Å². The number of fused-ring (bicyclic) bond motifs is 1. The number of aromatic nitrogens is 2. The number of hydrogen-bond acceptors (Lipinski definition) is 6. The normalized spacial score (nSPS) is 21.0. The maximum atomic E-state index is 12.2. The summed E-state index contributed by atoms with van der Waals surface area (Å²) >= 11 is 0. The third-order valence-electron chi connectivity index (χ3n) is 3.85. The molecule has 7 heteroatoms. The van der Waals surface area contributed by atoms with Crippen LogP contribution in [0.1, 0.15) is 38.4 Å². The molecule has 0 bridgehead atoms. The molecule has 0 saturated carbocycles. The van der Waals surface area contributed by atoms with E-state index in [2.05, 4.69) is 15.3 Å². The lowest BCUT2D eigenvalue weighted by atomic mass is 10.1. The van der Waals surface area contributed by atoms with E-state index in [1.807, 2.05) is 20.8 Å². The van der Waals surface area contributed by atoms with Crippen molar-refractivity contribution in [2.75, 3.05) is 25.1 Å². The summed E-state index contributed by atoms with van der Waals surface area (Å²) in [6.45, 7) is 8.21. The molecule has 1 unspecified atom stereocenters. The highest BCUT2D eigenvalue weighted by molar-refractivity contribution is 5.68. The van der Waals surface area contributed by atoms with Gasteiger partial charge in [0.25, 0.3) is 0 Å². The van der Waals surface area contributed by atoms with Gasteiger partial charge < -0.3 is 19.7 Å². The molecule has 0 aromatic carbocycles. The Bertz CT molecular complexity index is 579. The van der Waals surface area contributed by atoms with Crippen molar-refractivity contribution < 1.29 is 14.3 Å². The average molecular weight is 320 g/mol. The number of carbonyl (C=O) groups is 1. The molecule has 3 rings (SSSR count). The molecule has 0 spiro atoms. The highest BCUT2D eigenvalue weighted by Crippen LogP contribution is 2.21. The van der Waals surface area contributed by atoms with Gasteiger partial charge in [0.05, 0.1) is 24.9 Å². The van der Waals surface area contributed by atoms with Gasteiger partial charge >= 0.3 is 6.09 Å². The number of rotatable bonds is 2. The minimum atomic E-state index is -0.481. The Morgan fingerprint density at radius 2 is 2.30 bits per heavy atom. The maximum absolute atomic E-state index is 12.2. The summed E-state index contributed by atoms with van der Waals surface area (Å²) in [4.78, 5) is 22.8. The summed E-state index contributed by atoms with van der Waals surface area (Å²) in [6, 6.07) is 0.287. The Kier molecular flexibility index (Phi) is 4.39. The predicted octanol–water partition coefficient (Wildman–Crippen LogP) is 1.97. The van der Waals surface area contributed by atoms with Crippen molar-refractivity contribution in [3.8, 4) is 0 Å². The first-order chi connectivity index (χ1) is 10.9. The van der Waals surface area contributed by atoms with Gasteiger partial charge in [-0.15, -0.1) is 0 Å². The molecule has 23 heavy (non-hydrogen) atoms. The number of carbonyl (C=O) groups excluding carboxylic acids is 1. The first-order valence-corrected chi connectivity index (χ1v) is 8.08. The molecule has 1 fully saturated rings. The molecule has 1 aromatic rings. The van der Waals surface area contributed by atoms with Gasteiger partial charge in [-0.05, 0) is 27.2 Å². The lowest BCUT2D eigenvalue weighted by Crippen LogP contribution is -2.40. The van der Waals surface area contributed by atoms with Crippen molar-refractivity contribution in [2.24, 2.45) is 0 Å². The summed E-state index contributed by atoms with van der Waals surface area (Å²) in [5.74, 6) is 0.643. The second kappa shape index (κ2) is 6.31. The minimum absolute atomic E-state index is 0.284. The van der Waals surface area contributed by atoms with Crippen LogP contribution in [-0.2, 0) is 22.4 Å². The minimum Gasteiger partial charge on any atom is -0.444 e. The van der Waals surface area contributed by atoms with E-state index in [1.165, 1.54) is 0 Å². The van der Waals surface area contributed by atoms with Gasteiger partial charge in [0.2, 0.25) is 5.95 Å². The second-order valence-corrected chi connectivity index (χ2v) is 7.02. The zero-order valence-electron chi connectivity index (χ0n) is 14.0. The Balaban J connectivity index is 1.64. The molecular weight excluding hydrogens is 296 g/mol. The van der Waals surface area contributed by atoms with Crippen LogP contribution in [0.15, 0.2) is 6.20 Å². The van der Waals surface area contributed by atoms with Crippen LogP contribution < -0.4 is 5.32 Å². The number of nitrogens with zero attached hydrogens (tertiary/aromatic N) is 3. The molecule has 1 aromatic heterocycles.